The Morgan fingerprint density at radius 1 is 0.882 bits per heavy atom. The highest BCUT2D eigenvalue weighted by Crippen LogP contribution is 2.24. The number of rotatable bonds is 2. The molecule has 0 radical (unpaired) electrons. The van der Waals surface area contributed by atoms with Crippen LogP contribution in [-0.4, -0.2) is 0 Å². The zero-order valence-electron chi connectivity index (χ0n) is 8.74. The molecule has 0 bridgehead atoms. The number of nitriles is 1. The van der Waals surface area contributed by atoms with Crippen molar-refractivity contribution < 1.29 is 8.78 Å². The van der Waals surface area contributed by atoms with Crippen molar-refractivity contribution in [2.75, 3.05) is 5.32 Å². The van der Waals surface area contributed by atoms with Gasteiger partial charge in [0, 0.05) is 0 Å². The van der Waals surface area contributed by atoms with Crippen molar-refractivity contribution in [2.24, 2.45) is 0 Å². The Balaban J connectivity index is 2.41. The van der Waals surface area contributed by atoms with Gasteiger partial charge >= 0.3 is 0 Å². The van der Waals surface area contributed by atoms with E-state index >= 15 is 0 Å². The molecule has 0 spiro atoms. The molecule has 0 saturated heterocycles. The average Bonchev–Trinajstić information content (AvgIpc) is 2.32. The Bertz CT molecular complexity index is 588. The summed E-state index contributed by atoms with van der Waals surface area (Å²) in [6, 6.07) is 11.9. The minimum absolute atomic E-state index is 0.129. The standard InChI is InChI=1S/C13H8F2N2/c14-10-5-3-7-12(9(10)8-16)17-13-6-2-1-4-11(13)15/h1-7,17H. The zero-order chi connectivity index (χ0) is 12.3. The average molecular weight is 230 g/mol. The van der Waals surface area contributed by atoms with Gasteiger partial charge in [0.2, 0.25) is 0 Å². The van der Waals surface area contributed by atoms with Gasteiger partial charge in [0.25, 0.3) is 0 Å². The van der Waals surface area contributed by atoms with Gasteiger partial charge in [-0.3, -0.25) is 0 Å². The molecule has 0 fully saturated rings. The summed E-state index contributed by atoms with van der Waals surface area (Å²) in [5.74, 6) is -1.09. The lowest BCUT2D eigenvalue weighted by Gasteiger charge is -2.09. The van der Waals surface area contributed by atoms with E-state index in [1.165, 1.54) is 30.3 Å². The van der Waals surface area contributed by atoms with E-state index in [9.17, 15) is 8.78 Å². The van der Waals surface area contributed by atoms with Gasteiger partial charge in [0.15, 0.2) is 0 Å². The van der Waals surface area contributed by atoms with Crippen molar-refractivity contribution in [1.82, 2.24) is 0 Å². The van der Waals surface area contributed by atoms with Crippen LogP contribution in [0.25, 0.3) is 0 Å². The second kappa shape index (κ2) is 4.62. The molecule has 1 N–H and O–H groups in total. The predicted octanol–water partition coefficient (Wildman–Crippen LogP) is 3.58. The second-order valence-electron chi connectivity index (χ2n) is 3.38. The number of halogens is 2. The number of hydrogen-bond acceptors (Lipinski definition) is 2. The zero-order valence-corrected chi connectivity index (χ0v) is 8.74. The number of hydrogen-bond donors (Lipinski definition) is 1. The van der Waals surface area contributed by atoms with Gasteiger partial charge in [-0.2, -0.15) is 5.26 Å². The summed E-state index contributed by atoms with van der Waals surface area (Å²) < 4.78 is 26.7. The van der Waals surface area contributed by atoms with E-state index in [-0.39, 0.29) is 16.9 Å². The third kappa shape index (κ3) is 2.23. The van der Waals surface area contributed by atoms with Crippen LogP contribution in [-0.2, 0) is 0 Å². The third-order valence-corrected chi connectivity index (χ3v) is 2.27. The van der Waals surface area contributed by atoms with Gasteiger partial charge in [-0.25, -0.2) is 8.78 Å². The van der Waals surface area contributed by atoms with Crippen molar-refractivity contribution in [3.63, 3.8) is 0 Å². The number of nitrogens with one attached hydrogen (secondary N) is 1. The normalized spacial score (nSPS) is 9.71. The summed E-state index contributed by atoms with van der Waals surface area (Å²) in [6.07, 6.45) is 0. The molecule has 0 unspecified atom stereocenters. The van der Waals surface area contributed by atoms with Crippen LogP contribution in [0.4, 0.5) is 20.2 Å². The Labute approximate surface area is 97.1 Å². The van der Waals surface area contributed by atoms with Crippen molar-refractivity contribution >= 4 is 11.4 Å². The molecule has 2 nitrogen and oxygen atoms in total. The van der Waals surface area contributed by atoms with Crippen molar-refractivity contribution in [3.8, 4) is 6.07 Å². The maximum atomic E-state index is 13.4. The molecule has 0 heterocycles. The highest BCUT2D eigenvalue weighted by atomic mass is 19.1. The fraction of sp³-hybridized carbons (Fsp3) is 0. The fourth-order valence-corrected chi connectivity index (χ4v) is 1.45. The monoisotopic (exact) mass is 230 g/mol. The molecule has 0 amide bonds. The first-order valence-electron chi connectivity index (χ1n) is 4.92. The van der Waals surface area contributed by atoms with E-state index in [4.69, 9.17) is 5.26 Å². The molecule has 0 aliphatic rings. The van der Waals surface area contributed by atoms with Gasteiger partial charge in [-0.15, -0.1) is 0 Å². The largest absolute Gasteiger partial charge is 0.352 e. The molecule has 0 atom stereocenters. The third-order valence-electron chi connectivity index (χ3n) is 2.27. The first kappa shape index (κ1) is 11.1. The van der Waals surface area contributed by atoms with E-state index < -0.39 is 11.6 Å². The molecule has 4 heteroatoms. The summed E-state index contributed by atoms with van der Waals surface area (Å²) in [4.78, 5) is 0. The summed E-state index contributed by atoms with van der Waals surface area (Å²) in [5.41, 5.74) is 0.322. The van der Waals surface area contributed by atoms with Gasteiger partial charge in [0.05, 0.1) is 11.4 Å². The highest BCUT2D eigenvalue weighted by Gasteiger charge is 2.09. The van der Waals surface area contributed by atoms with Crippen molar-refractivity contribution in [1.29, 1.82) is 5.26 Å². The summed E-state index contributed by atoms with van der Waals surface area (Å²) in [5, 5.41) is 11.5. The molecule has 2 rings (SSSR count). The van der Waals surface area contributed by atoms with E-state index in [2.05, 4.69) is 5.32 Å². The van der Waals surface area contributed by atoms with Crippen LogP contribution in [0.3, 0.4) is 0 Å². The van der Waals surface area contributed by atoms with Crippen LogP contribution in [0, 0.1) is 23.0 Å². The SMILES string of the molecule is N#Cc1c(F)cccc1Nc1ccccc1F. The van der Waals surface area contributed by atoms with Gasteiger partial charge < -0.3 is 5.32 Å². The first-order chi connectivity index (χ1) is 8.22. The molecular formula is C13H8F2N2. The molecule has 84 valence electrons. The van der Waals surface area contributed by atoms with E-state index in [1.54, 1.807) is 18.2 Å². The molecular weight excluding hydrogens is 222 g/mol. The van der Waals surface area contributed by atoms with Crippen LogP contribution in [0.5, 0.6) is 0 Å². The lowest BCUT2D eigenvalue weighted by Crippen LogP contribution is -1.97. The summed E-state index contributed by atoms with van der Waals surface area (Å²) in [7, 11) is 0. The Morgan fingerprint density at radius 3 is 2.24 bits per heavy atom. The molecule has 17 heavy (non-hydrogen) atoms. The van der Waals surface area contributed by atoms with E-state index in [0.717, 1.165) is 0 Å². The fourth-order valence-electron chi connectivity index (χ4n) is 1.45. The maximum absolute atomic E-state index is 13.4. The van der Waals surface area contributed by atoms with Crippen LogP contribution < -0.4 is 5.32 Å². The Morgan fingerprint density at radius 2 is 1.53 bits per heavy atom. The lowest BCUT2D eigenvalue weighted by atomic mass is 10.1. The molecule has 0 aliphatic heterocycles. The quantitative estimate of drug-likeness (QED) is 0.855. The Hall–Kier alpha value is -2.41. The highest BCUT2D eigenvalue weighted by molar-refractivity contribution is 5.66. The van der Waals surface area contributed by atoms with Gasteiger partial charge in [-0.05, 0) is 24.3 Å². The van der Waals surface area contributed by atoms with Gasteiger partial charge in [0.1, 0.15) is 23.3 Å². The molecule has 2 aromatic rings. The molecule has 2 aromatic carbocycles. The van der Waals surface area contributed by atoms with E-state index in [1.807, 2.05) is 0 Å². The predicted molar refractivity (Wildman–Crippen MR) is 60.8 cm³/mol. The number of para-hydroxylation sites is 1. The van der Waals surface area contributed by atoms with Crippen molar-refractivity contribution in [2.45, 2.75) is 0 Å². The molecule has 0 aromatic heterocycles. The van der Waals surface area contributed by atoms with Crippen molar-refractivity contribution in [3.05, 3.63) is 59.7 Å². The molecule has 0 aliphatic carbocycles. The maximum Gasteiger partial charge on any atom is 0.146 e. The number of nitrogens with zero attached hydrogens (tertiary/aromatic N) is 1. The minimum Gasteiger partial charge on any atom is -0.352 e. The van der Waals surface area contributed by atoms with Crippen LogP contribution >= 0.6 is 0 Å². The number of anilines is 2. The smallest absolute Gasteiger partial charge is 0.146 e. The minimum atomic E-state index is -0.631. The summed E-state index contributed by atoms with van der Waals surface area (Å²) in [6.45, 7) is 0. The second-order valence-corrected chi connectivity index (χ2v) is 3.38. The molecule has 0 saturated carbocycles. The first-order valence-corrected chi connectivity index (χ1v) is 4.92. The van der Waals surface area contributed by atoms with Crippen LogP contribution in [0.1, 0.15) is 5.56 Å². The topological polar surface area (TPSA) is 35.8 Å². The Kier molecular flexibility index (Phi) is 3.01. The van der Waals surface area contributed by atoms with E-state index in [0.29, 0.717) is 0 Å². The van der Waals surface area contributed by atoms with Gasteiger partial charge in [-0.1, -0.05) is 18.2 Å². The van der Waals surface area contributed by atoms with Crippen LogP contribution in [0.15, 0.2) is 42.5 Å². The summed E-state index contributed by atoms with van der Waals surface area (Å²) >= 11 is 0. The lowest BCUT2D eigenvalue weighted by molar-refractivity contribution is 0.623. The number of benzene rings is 2. The van der Waals surface area contributed by atoms with Crippen LogP contribution in [0.2, 0.25) is 0 Å².